The standard InChI is InChI=1S/C16H23N3OS/c1-12-4-5-13(2)14(10-12)11-16-19-18-15(21-16)6-7-17-8-9-20-3/h4-5,10,17H,6-9,11H2,1-3H3. The third-order valence-corrected chi connectivity index (χ3v) is 4.34. The average Bonchev–Trinajstić information content (AvgIpc) is 2.90. The van der Waals surface area contributed by atoms with Gasteiger partial charge in [0.25, 0.3) is 0 Å². The van der Waals surface area contributed by atoms with Gasteiger partial charge in [0.15, 0.2) is 0 Å². The van der Waals surface area contributed by atoms with Gasteiger partial charge in [-0.1, -0.05) is 23.8 Å². The highest BCUT2D eigenvalue weighted by Crippen LogP contribution is 2.18. The Morgan fingerprint density at radius 2 is 1.95 bits per heavy atom. The zero-order valence-electron chi connectivity index (χ0n) is 13.0. The lowest BCUT2D eigenvalue weighted by atomic mass is 10.0. The lowest BCUT2D eigenvalue weighted by molar-refractivity contribution is 0.199. The summed E-state index contributed by atoms with van der Waals surface area (Å²) in [5.74, 6) is 0. The van der Waals surface area contributed by atoms with Crippen LogP contribution in [0, 0.1) is 13.8 Å². The van der Waals surface area contributed by atoms with Gasteiger partial charge >= 0.3 is 0 Å². The van der Waals surface area contributed by atoms with Crippen molar-refractivity contribution in [3.8, 4) is 0 Å². The molecule has 0 saturated carbocycles. The van der Waals surface area contributed by atoms with Crippen LogP contribution in [0.25, 0.3) is 0 Å². The highest BCUT2D eigenvalue weighted by molar-refractivity contribution is 7.11. The van der Waals surface area contributed by atoms with Gasteiger partial charge in [0.2, 0.25) is 0 Å². The SMILES string of the molecule is COCCNCCc1nnc(Cc2cc(C)ccc2C)s1. The summed E-state index contributed by atoms with van der Waals surface area (Å²) in [5.41, 5.74) is 3.96. The minimum atomic E-state index is 0.744. The summed E-state index contributed by atoms with van der Waals surface area (Å²) in [6.07, 6.45) is 1.80. The number of aromatic nitrogens is 2. The molecule has 0 radical (unpaired) electrons. The van der Waals surface area contributed by atoms with Crippen molar-refractivity contribution in [2.24, 2.45) is 0 Å². The van der Waals surface area contributed by atoms with E-state index in [4.69, 9.17) is 4.74 Å². The largest absolute Gasteiger partial charge is 0.383 e. The number of nitrogens with zero attached hydrogens (tertiary/aromatic N) is 2. The van der Waals surface area contributed by atoms with Crippen molar-refractivity contribution in [3.05, 3.63) is 44.9 Å². The van der Waals surface area contributed by atoms with Crippen molar-refractivity contribution in [2.75, 3.05) is 26.8 Å². The van der Waals surface area contributed by atoms with E-state index in [1.807, 2.05) is 0 Å². The van der Waals surface area contributed by atoms with Crippen molar-refractivity contribution in [3.63, 3.8) is 0 Å². The molecule has 1 heterocycles. The maximum atomic E-state index is 5.00. The third kappa shape index (κ3) is 5.19. The molecule has 0 spiro atoms. The van der Waals surface area contributed by atoms with Gasteiger partial charge in [-0.15, -0.1) is 21.5 Å². The summed E-state index contributed by atoms with van der Waals surface area (Å²) < 4.78 is 5.00. The quantitative estimate of drug-likeness (QED) is 0.761. The molecule has 1 N–H and O–H groups in total. The van der Waals surface area contributed by atoms with Gasteiger partial charge in [0, 0.05) is 33.0 Å². The van der Waals surface area contributed by atoms with E-state index in [2.05, 4.69) is 47.6 Å². The first-order valence-electron chi connectivity index (χ1n) is 7.26. The Balaban J connectivity index is 1.86. The summed E-state index contributed by atoms with van der Waals surface area (Å²) >= 11 is 1.71. The van der Waals surface area contributed by atoms with Gasteiger partial charge in [-0.05, 0) is 25.0 Å². The van der Waals surface area contributed by atoms with Gasteiger partial charge in [-0.2, -0.15) is 0 Å². The molecular weight excluding hydrogens is 282 g/mol. The first-order valence-corrected chi connectivity index (χ1v) is 8.07. The average molecular weight is 305 g/mol. The van der Waals surface area contributed by atoms with Crippen LogP contribution < -0.4 is 5.32 Å². The molecule has 2 aromatic rings. The van der Waals surface area contributed by atoms with E-state index in [9.17, 15) is 0 Å². The monoisotopic (exact) mass is 305 g/mol. The number of aryl methyl sites for hydroxylation is 2. The number of rotatable bonds is 8. The van der Waals surface area contributed by atoms with Crippen molar-refractivity contribution in [2.45, 2.75) is 26.7 Å². The summed E-state index contributed by atoms with van der Waals surface area (Å²) in [6.45, 7) is 6.82. The number of ether oxygens (including phenoxy) is 1. The van der Waals surface area contributed by atoms with Crippen LogP contribution >= 0.6 is 11.3 Å². The van der Waals surface area contributed by atoms with Crippen molar-refractivity contribution >= 4 is 11.3 Å². The summed E-state index contributed by atoms with van der Waals surface area (Å²) in [6, 6.07) is 6.56. The molecule has 2 rings (SSSR count). The zero-order valence-corrected chi connectivity index (χ0v) is 13.8. The summed E-state index contributed by atoms with van der Waals surface area (Å²) in [7, 11) is 1.71. The predicted octanol–water partition coefficient (Wildman–Crippen LogP) is 2.52. The van der Waals surface area contributed by atoms with E-state index in [1.165, 1.54) is 16.7 Å². The van der Waals surface area contributed by atoms with Crippen molar-refractivity contribution in [1.29, 1.82) is 0 Å². The van der Waals surface area contributed by atoms with E-state index in [-0.39, 0.29) is 0 Å². The van der Waals surface area contributed by atoms with E-state index >= 15 is 0 Å². The summed E-state index contributed by atoms with van der Waals surface area (Å²) in [5, 5.41) is 14.1. The van der Waals surface area contributed by atoms with Gasteiger partial charge in [-0.25, -0.2) is 0 Å². The first kappa shape index (κ1) is 16.1. The van der Waals surface area contributed by atoms with Crippen molar-refractivity contribution < 1.29 is 4.74 Å². The van der Waals surface area contributed by atoms with Crippen LogP contribution in [0.4, 0.5) is 0 Å². The van der Waals surface area contributed by atoms with Gasteiger partial charge in [0.1, 0.15) is 10.0 Å². The minimum absolute atomic E-state index is 0.744. The first-order chi connectivity index (χ1) is 10.2. The molecule has 114 valence electrons. The highest BCUT2D eigenvalue weighted by atomic mass is 32.1. The van der Waals surface area contributed by atoms with E-state index < -0.39 is 0 Å². The Hall–Kier alpha value is -1.30. The molecular formula is C16H23N3OS. The third-order valence-electron chi connectivity index (χ3n) is 3.35. The Bertz CT molecular complexity index is 568. The molecule has 1 aromatic carbocycles. The van der Waals surface area contributed by atoms with Crippen LogP contribution in [0.1, 0.15) is 26.7 Å². The van der Waals surface area contributed by atoms with Crippen LogP contribution in [0.3, 0.4) is 0 Å². The molecule has 0 aliphatic rings. The molecule has 0 aliphatic carbocycles. The smallest absolute Gasteiger partial charge is 0.121 e. The lowest BCUT2D eigenvalue weighted by Crippen LogP contribution is -2.21. The van der Waals surface area contributed by atoms with E-state index in [0.29, 0.717) is 0 Å². The molecule has 0 unspecified atom stereocenters. The molecule has 0 atom stereocenters. The van der Waals surface area contributed by atoms with Crippen LogP contribution in [0.5, 0.6) is 0 Å². The van der Waals surface area contributed by atoms with Gasteiger partial charge in [-0.3, -0.25) is 0 Å². The second kappa shape index (κ2) is 8.22. The topological polar surface area (TPSA) is 47.0 Å². The number of nitrogens with one attached hydrogen (secondary N) is 1. The maximum absolute atomic E-state index is 5.00. The molecule has 0 fully saturated rings. The molecule has 0 bridgehead atoms. The van der Waals surface area contributed by atoms with Crippen LogP contribution in [0.15, 0.2) is 18.2 Å². The van der Waals surface area contributed by atoms with Gasteiger partial charge in [0.05, 0.1) is 6.61 Å². The fourth-order valence-electron chi connectivity index (χ4n) is 2.11. The number of benzene rings is 1. The fourth-order valence-corrected chi connectivity index (χ4v) is 2.98. The molecule has 0 aliphatic heterocycles. The lowest BCUT2D eigenvalue weighted by Gasteiger charge is -2.04. The van der Waals surface area contributed by atoms with Crippen LogP contribution in [0.2, 0.25) is 0 Å². The molecule has 21 heavy (non-hydrogen) atoms. The van der Waals surface area contributed by atoms with E-state index in [1.54, 1.807) is 18.4 Å². The fraction of sp³-hybridized carbons (Fsp3) is 0.500. The Morgan fingerprint density at radius 3 is 2.76 bits per heavy atom. The molecule has 5 heteroatoms. The molecule has 1 aromatic heterocycles. The van der Waals surface area contributed by atoms with Crippen LogP contribution in [-0.2, 0) is 17.6 Å². The Kier molecular flexibility index (Phi) is 6.29. The highest BCUT2D eigenvalue weighted by Gasteiger charge is 2.07. The second-order valence-electron chi connectivity index (χ2n) is 5.19. The Morgan fingerprint density at radius 1 is 1.14 bits per heavy atom. The predicted molar refractivity (Wildman–Crippen MR) is 87.1 cm³/mol. The Labute approximate surface area is 130 Å². The molecule has 4 nitrogen and oxygen atoms in total. The van der Waals surface area contributed by atoms with Crippen molar-refractivity contribution in [1.82, 2.24) is 15.5 Å². The number of methoxy groups -OCH3 is 1. The maximum Gasteiger partial charge on any atom is 0.121 e. The van der Waals surface area contributed by atoms with Gasteiger partial charge < -0.3 is 10.1 Å². The minimum Gasteiger partial charge on any atom is -0.383 e. The number of hydrogen-bond donors (Lipinski definition) is 1. The van der Waals surface area contributed by atoms with E-state index in [0.717, 1.165) is 42.6 Å². The number of hydrogen-bond acceptors (Lipinski definition) is 5. The normalized spacial score (nSPS) is 11.0. The second-order valence-corrected chi connectivity index (χ2v) is 6.34. The zero-order chi connectivity index (χ0) is 15.1. The summed E-state index contributed by atoms with van der Waals surface area (Å²) in [4.78, 5) is 0. The van der Waals surface area contributed by atoms with Crippen LogP contribution in [-0.4, -0.2) is 37.0 Å². The molecule has 0 saturated heterocycles. The molecule has 0 amide bonds.